The van der Waals surface area contributed by atoms with Crippen LogP contribution in [0.1, 0.15) is 40.0 Å². The lowest BCUT2D eigenvalue weighted by molar-refractivity contribution is -0.152. The SMILES string of the molecule is COC(=O)[C@]1(SC(=O)c2ccccc2)[C@@H](OC(=O)c2ccccc2)C[C@H]2CC[C@@H]1N2C. The maximum Gasteiger partial charge on any atom is 0.338 e. The third-order valence-electron chi connectivity index (χ3n) is 6.33. The van der Waals surface area contributed by atoms with Crippen molar-refractivity contribution in [2.75, 3.05) is 14.2 Å². The van der Waals surface area contributed by atoms with Crippen LogP contribution in [0, 0.1) is 0 Å². The first-order valence-corrected chi connectivity index (χ1v) is 11.1. The lowest BCUT2D eigenvalue weighted by Crippen LogP contribution is -2.65. The first-order valence-electron chi connectivity index (χ1n) is 10.3. The maximum atomic E-state index is 13.3. The number of nitrogens with zero attached hydrogens (tertiary/aromatic N) is 1. The molecular formula is C24H25NO5S. The fraction of sp³-hybridized carbons (Fsp3) is 0.375. The number of esters is 2. The number of thioether (sulfide) groups is 1. The minimum Gasteiger partial charge on any atom is -0.468 e. The minimum atomic E-state index is -1.34. The van der Waals surface area contributed by atoms with Crippen molar-refractivity contribution in [2.24, 2.45) is 0 Å². The van der Waals surface area contributed by atoms with Crippen molar-refractivity contribution in [3.63, 3.8) is 0 Å². The molecule has 2 aliphatic rings. The van der Waals surface area contributed by atoms with Crippen LogP contribution in [0.15, 0.2) is 60.7 Å². The van der Waals surface area contributed by atoms with Crippen LogP contribution in [0.4, 0.5) is 0 Å². The number of benzene rings is 2. The molecule has 0 radical (unpaired) electrons. The molecule has 6 nitrogen and oxygen atoms in total. The van der Waals surface area contributed by atoms with Gasteiger partial charge in [0.15, 0.2) is 4.75 Å². The quantitative estimate of drug-likeness (QED) is 0.660. The van der Waals surface area contributed by atoms with Gasteiger partial charge in [-0.15, -0.1) is 0 Å². The van der Waals surface area contributed by atoms with Crippen LogP contribution in [-0.4, -0.2) is 59.0 Å². The van der Waals surface area contributed by atoms with Crippen molar-refractivity contribution < 1.29 is 23.9 Å². The highest BCUT2D eigenvalue weighted by atomic mass is 32.2. The fourth-order valence-corrected chi connectivity index (χ4v) is 6.17. The topological polar surface area (TPSA) is 72.9 Å². The summed E-state index contributed by atoms with van der Waals surface area (Å²) in [7, 11) is 3.28. The molecule has 0 aromatic heterocycles. The Hall–Kier alpha value is -2.64. The molecule has 0 aliphatic carbocycles. The van der Waals surface area contributed by atoms with E-state index >= 15 is 0 Å². The number of fused-ring (bicyclic) bond motifs is 2. The van der Waals surface area contributed by atoms with E-state index in [-0.39, 0.29) is 17.2 Å². The van der Waals surface area contributed by atoms with E-state index < -0.39 is 22.8 Å². The van der Waals surface area contributed by atoms with Gasteiger partial charge in [0.25, 0.3) is 0 Å². The molecule has 2 aromatic rings. The van der Waals surface area contributed by atoms with Crippen LogP contribution >= 0.6 is 11.8 Å². The monoisotopic (exact) mass is 439 g/mol. The summed E-state index contributed by atoms with van der Waals surface area (Å²) in [6, 6.07) is 17.4. The average molecular weight is 440 g/mol. The van der Waals surface area contributed by atoms with E-state index in [2.05, 4.69) is 4.90 Å². The van der Waals surface area contributed by atoms with Gasteiger partial charge in [-0.05, 0) is 32.0 Å². The number of hydrogen-bond acceptors (Lipinski definition) is 7. The summed E-state index contributed by atoms with van der Waals surface area (Å²) in [5.41, 5.74) is 0.901. The molecule has 2 aliphatic heterocycles. The Morgan fingerprint density at radius 1 is 0.968 bits per heavy atom. The largest absolute Gasteiger partial charge is 0.468 e. The van der Waals surface area contributed by atoms with Crippen LogP contribution < -0.4 is 0 Å². The Bertz CT molecular complexity index is 966. The number of methoxy groups -OCH3 is 1. The molecule has 2 bridgehead atoms. The van der Waals surface area contributed by atoms with Crippen LogP contribution in [0.5, 0.6) is 0 Å². The molecular weight excluding hydrogens is 414 g/mol. The Morgan fingerprint density at radius 3 is 2.19 bits per heavy atom. The molecule has 0 amide bonds. The lowest BCUT2D eigenvalue weighted by Gasteiger charge is -2.48. The molecule has 0 unspecified atom stereocenters. The number of ether oxygens (including phenoxy) is 2. The van der Waals surface area contributed by atoms with Crippen LogP contribution in [0.2, 0.25) is 0 Å². The molecule has 0 N–H and O–H groups in total. The van der Waals surface area contributed by atoms with E-state index in [1.807, 2.05) is 19.2 Å². The van der Waals surface area contributed by atoms with Crippen molar-refractivity contribution >= 4 is 28.8 Å². The number of hydrogen-bond donors (Lipinski definition) is 0. The predicted molar refractivity (Wildman–Crippen MR) is 118 cm³/mol. The summed E-state index contributed by atoms with van der Waals surface area (Å²) in [6.45, 7) is 0. The molecule has 2 heterocycles. The van der Waals surface area contributed by atoms with Crippen molar-refractivity contribution in [1.29, 1.82) is 0 Å². The smallest absolute Gasteiger partial charge is 0.338 e. The zero-order valence-corrected chi connectivity index (χ0v) is 18.3. The molecule has 2 aromatic carbocycles. The molecule has 0 saturated carbocycles. The molecule has 2 fully saturated rings. The van der Waals surface area contributed by atoms with E-state index in [0.717, 1.165) is 24.6 Å². The zero-order chi connectivity index (χ0) is 22.0. The van der Waals surface area contributed by atoms with Gasteiger partial charge in [0, 0.05) is 24.1 Å². The van der Waals surface area contributed by atoms with Gasteiger partial charge in [-0.1, -0.05) is 60.3 Å². The van der Waals surface area contributed by atoms with Crippen LogP contribution in [0.25, 0.3) is 0 Å². The summed E-state index contributed by atoms with van der Waals surface area (Å²) in [4.78, 5) is 41.6. The van der Waals surface area contributed by atoms with Gasteiger partial charge in [-0.25, -0.2) is 4.79 Å². The minimum absolute atomic E-state index is 0.184. The second kappa shape index (κ2) is 8.85. The summed E-state index contributed by atoms with van der Waals surface area (Å²) in [5.74, 6) is -1.04. The number of rotatable bonds is 5. The van der Waals surface area contributed by atoms with Gasteiger partial charge in [0.2, 0.25) is 5.12 Å². The second-order valence-electron chi connectivity index (χ2n) is 7.95. The highest BCUT2D eigenvalue weighted by Gasteiger charge is 2.64. The van der Waals surface area contributed by atoms with Gasteiger partial charge in [-0.2, -0.15) is 0 Å². The third-order valence-corrected chi connectivity index (χ3v) is 7.80. The number of piperidine rings is 1. The maximum absolute atomic E-state index is 13.3. The van der Waals surface area contributed by atoms with Crippen molar-refractivity contribution in [3.8, 4) is 0 Å². The average Bonchev–Trinajstić information content (AvgIpc) is 3.08. The molecule has 2 saturated heterocycles. The molecule has 4 atom stereocenters. The number of carbonyl (C=O) groups is 3. The summed E-state index contributed by atoms with van der Waals surface area (Å²) >= 11 is 0.930. The first kappa shape index (κ1) is 21.6. The van der Waals surface area contributed by atoms with Crippen LogP contribution in [-0.2, 0) is 14.3 Å². The normalized spacial score (nSPS) is 27.5. The van der Waals surface area contributed by atoms with E-state index in [1.54, 1.807) is 48.5 Å². The van der Waals surface area contributed by atoms with Crippen molar-refractivity contribution in [2.45, 2.75) is 42.2 Å². The third kappa shape index (κ3) is 3.88. The summed E-state index contributed by atoms with van der Waals surface area (Å²) < 4.78 is 9.82. The van der Waals surface area contributed by atoms with Crippen molar-refractivity contribution in [3.05, 3.63) is 71.8 Å². The molecule has 31 heavy (non-hydrogen) atoms. The predicted octanol–water partition coefficient (Wildman–Crippen LogP) is 3.56. The van der Waals surface area contributed by atoms with Gasteiger partial charge in [-0.3, -0.25) is 14.5 Å². The van der Waals surface area contributed by atoms with Gasteiger partial charge in [0.05, 0.1) is 12.7 Å². The Kier molecular flexibility index (Phi) is 6.16. The standard InChI is InChI=1S/C24H25NO5S/c1-25-18-13-14-19(25)24(23(28)29-2,31-22(27)17-11-7-4-8-12-17)20(15-18)30-21(26)16-9-5-3-6-10-16/h3-12,18-20H,13-15H2,1-2H3/t18-,19+,20+,24-/m1/s1. The number of carbonyl (C=O) groups excluding carboxylic acids is 3. The summed E-state index contributed by atoms with van der Waals surface area (Å²) in [6.07, 6.45) is 1.29. The Labute approximate surface area is 185 Å². The van der Waals surface area contributed by atoms with E-state index in [0.29, 0.717) is 17.5 Å². The molecule has 7 heteroatoms. The molecule has 162 valence electrons. The highest BCUT2D eigenvalue weighted by molar-refractivity contribution is 8.16. The Morgan fingerprint density at radius 2 is 1.58 bits per heavy atom. The first-order chi connectivity index (χ1) is 15.0. The highest BCUT2D eigenvalue weighted by Crippen LogP contribution is 2.51. The zero-order valence-electron chi connectivity index (χ0n) is 17.5. The van der Waals surface area contributed by atoms with Gasteiger partial charge >= 0.3 is 11.9 Å². The molecule has 4 rings (SSSR count). The summed E-state index contributed by atoms with van der Waals surface area (Å²) in [5, 5.41) is -0.245. The second-order valence-corrected chi connectivity index (χ2v) is 9.20. The van der Waals surface area contributed by atoms with Gasteiger partial charge < -0.3 is 9.47 Å². The molecule has 0 spiro atoms. The fourth-order valence-electron chi connectivity index (χ4n) is 4.75. The van der Waals surface area contributed by atoms with E-state index in [4.69, 9.17) is 9.47 Å². The van der Waals surface area contributed by atoms with E-state index in [9.17, 15) is 14.4 Å². The van der Waals surface area contributed by atoms with Crippen molar-refractivity contribution in [1.82, 2.24) is 4.90 Å². The van der Waals surface area contributed by atoms with E-state index in [1.165, 1.54) is 7.11 Å². The Balaban J connectivity index is 1.72. The lowest BCUT2D eigenvalue weighted by atomic mass is 9.86. The van der Waals surface area contributed by atoms with Crippen LogP contribution in [0.3, 0.4) is 0 Å². The van der Waals surface area contributed by atoms with Gasteiger partial charge in [0.1, 0.15) is 6.10 Å².